The summed E-state index contributed by atoms with van der Waals surface area (Å²) in [4.78, 5) is 24.9. The van der Waals surface area contributed by atoms with E-state index in [1.807, 2.05) is 0 Å². The summed E-state index contributed by atoms with van der Waals surface area (Å²) in [6.07, 6.45) is 5.33. The second-order valence-corrected chi connectivity index (χ2v) is 9.67. The van der Waals surface area contributed by atoms with E-state index >= 15 is 0 Å². The Morgan fingerprint density at radius 2 is 1.76 bits per heavy atom. The van der Waals surface area contributed by atoms with Gasteiger partial charge in [-0.25, -0.2) is 13.2 Å². The first kappa shape index (κ1) is 19.5. The Morgan fingerprint density at radius 3 is 2.38 bits per heavy atom. The Hall–Kier alpha value is -2.81. The van der Waals surface area contributed by atoms with E-state index in [0.717, 1.165) is 19.3 Å². The van der Waals surface area contributed by atoms with Crippen LogP contribution in [-0.4, -0.2) is 28.7 Å². The molecule has 2 aromatic heterocycles. The van der Waals surface area contributed by atoms with Crippen molar-refractivity contribution in [2.24, 2.45) is 14.1 Å². The zero-order chi connectivity index (χ0) is 20.8. The molecule has 2 heterocycles. The number of amides is 1. The number of carbonyl (C=O) groups excluding carboxylic acids is 1. The van der Waals surface area contributed by atoms with Crippen molar-refractivity contribution >= 4 is 32.5 Å². The Morgan fingerprint density at radius 1 is 1.10 bits per heavy atom. The molecule has 29 heavy (non-hydrogen) atoms. The largest absolute Gasteiger partial charge is 0.459 e. The number of hydrogen-bond donors (Lipinski definition) is 1. The Labute approximate surface area is 168 Å². The number of aryl methyl sites for hydroxylation is 2. The van der Waals surface area contributed by atoms with Gasteiger partial charge < -0.3 is 9.73 Å². The molecule has 1 amide bonds. The van der Waals surface area contributed by atoms with Gasteiger partial charge in [-0.2, -0.15) is 0 Å². The van der Waals surface area contributed by atoms with E-state index in [-0.39, 0.29) is 22.0 Å². The van der Waals surface area contributed by atoms with Crippen LogP contribution in [0.1, 0.15) is 42.7 Å². The molecule has 0 aliphatic heterocycles. The standard InChI is InChI=1S/C20H23N3O5S/c1-22-15-11-14(21-19(24)17-9-6-10-28-17)18(12-16(15)23(2)20(22)25)29(26,27)13-7-4-3-5-8-13/h6,9-13H,3-5,7-8H2,1-2H3,(H,21,24). The molecular weight excluding hydrogens is 394 g/mol. The van der Waals surface area contributed by atoms with Crippen LogP contribution in [0, 0.1) is 0 Å². The molecule has 1 aliphatic rings. The number of imidazole rings is 1. The molecule has 0 spiro atoms. The molecule has 3 aromatic rings. The van der Waals surface area contributed by atoms with Gasteiger partial charge in [-0.05, 0) is 37.1 Å². The number of benzene rings is 1. The fraction of sp³-hybridized carbons (Fsp3) is 0.400. The molecule has 1 fully saturated rings. The van der Waals surface area contributed by atoms with Crippen molar-refractivity contribution in [3.8, 4) is 0 Å². The van der Waals surface area contributed by atoms with E-state index in [9.17, 15) is 18.0 Å². The molecule has 1 aliphatic carbocycles. The van der Waals surface area contributed by atoms with E-state index in [2.05, 4.69) is 5.32 Å². The number of anilines is 1. The predicted octanol–water partition coefficient (Wildman–Crippen LogP) is 2.83. The highest BCUT2D eigenvalue weighted by molar-refractivity contribution is 7.92. The van der Waals surface area contributed by atoms with Crippen LogP contribution in [-0.2, 0) is 23.9 Å². The third-order valence-electron chi connectivity index (χ3n) is 5.66. The summed E-state index contributed by atoms with van der Waals surface area (Å²) >= 11 is 0. The van der Waals surface area contributed by atoms with Gasteiger partial charge in [0.2, 0.25) is 0 Å². The van der Waals surface area contributed by atoms with Gasteiger partial charge in [-0.3, -0.25) is 13.9 Å². The topological polar surface area (TPSA) is 103 Å². The Bertz CT molecular complexity index is 1230. The van der Waals surface area contributed by atoms with E-state index < -0.39 is 21.0 Å². The summed E-state index contributed by atoms with van der Waals surface area (Å²) in [7, 11) is -0.480. The van der Waals surface area contributed by atoms with Gasteiger partial charge in [0, 0.05) is 14.1 Å². The molecule has 1 saturated carbocycles. The number of sulfone groups is 1. The summed E-state index contributed by atoms with van der Waals surface area (Å²) in [6.45, 7) is 0. The van der Waals surface area contributed by atoms with E-state index in [4.69, 9.17) is 4.42 Å². The molecular formula is C20H23N3O5S. The first-order valence-corrected chi connectivity index (χ1v) is 11.1. The van der Waals surface area contributed by atoms with Crippen LogP contribution in [0.5, 0.6) is 0 Å². The van der Waals surface area contributed by atoms with Crippen LogP contribution in [0.25, 0.3) is 11.0 Å². The number of furan rings is 1. The highest BCUT2D eigenvalue weighted by atomic mass is 32.2. The maximum Gasteiger partial charge on any atom is 0.328 e. The number of nitrogens with one attached hydrogen (secondary N) is 1. The van der Waals surface area contributed by atoms with Gasteiger partial charge in [0.25, 0.3) is 5.91 Å². The van der Waals surface area contributed by atoms with Crippen molar-refractivity contribution in [1.82, 2.24) is 9.13 Å². The molecule has 8 nitrogen and oxygen atoms in total. The average molecular weight is 417 g/mol. The lowest BCUT2D eigenvalue weighted by Crippen LogP contribution is -2.25. The zero-order valence-corrected chi connectivity index (χ0v) is 17.2. The van der Waals surface area contributed by atoms with Gasteiger partial charge >= 0.3 is 5.69 Å². The van der Waals surface area contributed by atoms with Gasteiger partial charge in [0.1, 0.15) is 0 Å². The summed E-state index contributed by atoms with van der Waals surface area (Å²) in [6, 6.07) is 6.13. The van der Waals surface area contributed by atoms with E-state index in [1.165, 1.54) is 27.5 Å². The second kappa shape index (κ2) is 7.22. The van der Waals surface area contributed by atoms with Gasteiger partial charge in [-0.15, -0.1) is 0 Å². The number of hydrogen-bond acceptors (Lipinski definition) is 5. The van der Waals surface area contributed by atoms with Crippen LogP contribution >= 0.6 is 0 Å². The quantitative estimate of drug-likeness (QED) is 0.703. The monoisotopic (exact) mass is 417 g/mol. The molecule has 0 atom stereocenters. The van der Waals surface area contributed by atoms with Gasteiger partial charge in [0.05, 0.1) is 33.1 Å². The predicted molar refractivity (Wildman–Crippen MR) is 109 cm³/mol. The molecule has 0 saturated heterocycles. The normalized spacial score (nSPS) is 15.7. The molecule has 0 unspecified atom stereocenters. The molecule has 154 valence electrons. The number of carbonyl (C=O) groups is 1. The maximum atomic E-state index is 13.5. The average Bonchev–Trinajstić information content (AvgIpc) is 3.33. The third kappa shape index (κ3) is 3.29. The lowest BCUT2D eigenvalue weighted by Gasteiger charge is -2.23. The highest BCUT2D eigenvalue weighted by Gasteiger charge is 2.32. The third-order valence-corrected chi connectivity index (χ3v) is 7.96. The first-order valence-electron chi connectivity index (χ1n) is 9.59. The number of aromatic nitrogens is 2. The minimum Gasteiger partial charge on any atom is -0.459 e. The fourth-order valence-corrected chi connectivity index (χ4v) is 6.01. The molecule has 4 rings (SSSR count). The molecule has 1 N–H and O–H groups in total. The van der Waals surface area contributed by atoms with Crippen molar-refractivity contribution in [2.75, 3.05) is 5.32 Å². The molecule has 1 aromatic carbocycles. The summed E-state index contributed by atoms with van der Waals surface area (Å²) in [5.41, 5.74) is 0.930. The van der Waals surface area contributed by atoms with Crippen molar-refractivity contribution < 1.29 is 17.6 Å². The highest BCUT2D eigenvalue weighted by Crippen LogP contribution is 2.34. The summed E-state index contributed by atoms with van der Waals surface area (Å²) < 4.78 is 34.9. The van der Waals surface area contributed by atoms with E-state index in [0.29, 0.717) is 23.9 Å². The van der Waals surface area contributed by atoms with Crippen molar-refractivity contribution in [3.63, 3.8) is 0 Å². The van der Waals surface area contributed by atoms with Gasteiger partial charge in [0.15, 0.2) is 15.6 Å². The second-order valence-electron chi connectivity index (χ2n) is 7.47. The summed E-state index contributed by atoms with van der Waals surface area (Å²) in [5, 5.41) is 2.18. The Balaban J connectivity index is 1.89. The van der Waals surface area contributed by atoms with Crippen LogP contribution in [0.3, 0.4) is 0 Å². The Kier molecular flexibility index (Phi) is 4.85. The lowest BCUT2D eigenvalue weighted by atomic mass is 10.0. The van der Waals surface area contributed by atoms with Crippen molar-refractivity contribution in [2.45, 2.75) is 42.2 Å². The van der Waals surface area contributed by atoms with Crippen LogP contribution in [0.4, 0.5) is 5.69 Å². The maximum absolute atomic E-state index is 13.5. The molecule has 0 radical (unpaired) electrons. The fourth-order valence-electron chi connectivity index (χ4n) is 4.01. The zero-order valence-electron chi connectivity index (χ0n) is 16.3. The first-order chi connectivity index (χ1) is 13.8. The molecule has 0 bridgehead atoms. The number of nitrogens with zero attached hydrogens (tertiary/aromatic N) is 2. The number of rotatable bonds is 4. The minimum absolute atomic E-state index is 0.0398. The van der Waals surface area contributed by atoms with Crippen LogP contribution in [0.15, 0.2) is 44.6 Å². The van der Waals surface area contributed by atoms with Crippen LogP contribution in [0.2, 0.25) is 0 Å². The van der Waals surface area contributed by atoms with E-state index in [1.54, 1.807) is 26.2 Å². The lowest BCUT2D eigenvalue weighted by molar-refractivity contribution is 0.0996. The summed E-state index contributed by atoms with van der Waals surface area (Å²) in [5.74, 6) is -0.469. The smallest absolute Gasteiger partial charge is 0.328 e. The van der Waals surface area contributed by atoms with Crippen LogP contribution < -0.4 is 11.0 Å². The van der Waals surface area contributed by atoms with Crippen molar-refractivity contribution in [3.05, 3.63) is 46.8 Å². The number of fused-ring (bicyclic) bond motifs is 1. The van der Waals surface area contributed by atoms with Gasteiger partial charge in [-0.1, -0.05) is 19.3 Å². The SMILES string of the molecule is Cn1c(=O)n(C)c2cc(S(=O)(=O)C3CCCCC3)c(NC(=O)c3ccco3)cc21. The van der Waals surface area contributed by atoms with Crippen molar-refractivity contribution in [1.29, 1.82) is 0 Å². The minimum atomic E-state index is -3.69. The molecule has 9 heteroatoms.